The molecule has 206 valence electrons. The van der Waals surface area contributed by atoms with Crippen molar-refractivity contribution in [1.29, 1.82) is 0 Å². The number of hydrogen-bond donors (Lipinski definition) is 0. The molecular weight excluding hydrogens is 463 g/mol. The van der Waals surface area contributed by atoms with Crippen LogP contribution >= 0.6 is 7.92 Å². The van der Waals surface area contributed by atoms with Crippen LogP contribution in [-0.4, -0.2) is 10.3 Å². The van der Waals surface area contributed by atoms with E-state index in [9.17, 15) is 0 Å². The first-order chi connectivity index (χ1) is 16.9. The van der Waals surface area contributed by atoms with E-state index in [1.165, 1.54) is 28.7 Å². The summed E-state index contributed by atoms with van der Waals surface area (Å²) in [5.41, 5.74) is 13.8. The predicted molar refractivity (Wildman–Crippen MR) is 173 cm³/mol. The molecule has 0 radical (unpaired) electrons. The Morgan fingerprint density at radius 3 is 1.76 bits per heavy atom. The molecule has 0 nitrogen and oxygen atoms in total. The molecule has 1 aliphatic rings. The Hall–Kier alpha value is -1.39. The standard InChI is InChI=1S/C32H49P.C4H8/c1-18(2)25-15-26(19(3)4)29-27(16-25)20(5)17-32(13,14)33(31(10,11)12)30-24(9)22(7)21(6)23(8)28(29)30;1-3-4-2/h15-16,18-20H,17H2,1-14H3;3-4H,1-2H3/b;4-3-. The maximum Gasteiger partial charge on any atom is -0.00660 e. The minimum Gasteiger partial charge on any atom is -0.0919 e. The highest BCUT2D eigenvalue weighted by atomic mass is 31.1. The second-order valence-corrected chi connectivity index (χ2v) is 17.4. The van der Waals surface area contributed by atoms with Crippen molar-refractivity contribution >= 4 is 13.2 Å². The molecule has 0 aliphatic carbocycles. The van der Waals surface area contributed by atoms with Crippen LogP contribution in [0.5, 0.6) is 0 Å². The van der Waals surface area contributed by atoms with E-state index in [1.807, 2.05) is 26.0 Å². The highest BCUT2D eigenvalue weighted by molar-refractivity contribution is 7.69. The first-order valence-electron chi connectivity index (χ1n) is 14.6. The predicted octanol–water partition coefficient (Wildman–Crippen LogP) is 11.6. The molecule has 0 N–H and O–H groups in total. The smallest absolute Gasteiger partial charge is 0.00660 e. The molecule has 0 bridgehead atoms. The Balaban J connectivity index is 0.00000112. The Kier molecular flexibility index (Phi) is 10.1. The molecule has 2 unspecified atom stereocenters. The van der Waals surface area contributed by atoms with Crippen LogP contribution in [0.25, 0.3) is 11.1 Å². The summed E-state index contributed by atoms with van der Waals surface area (Å²) in [6.45, 7) is 38.1. The first kappa shape index (κ1) is 31.8. The summed E-state index contributed by atoms with van der Waals surface area (Å²) >= 11 is 0. The summed E-state index contributed by atoms with van der Waals surface area (Å²) in [4.78, 5) is 0. The van der Waals surface area contributed by atoms with Gasteiger partial charge in [0, 0.05) is 0 Å². The summed E-state index contributed by atoms with van der Waals surface area (Å²) < 4.78 is 0. The third-order valence-corrected chi connectivity index (χ3v) is 12.3. The molecule has 2 aromatic rings. The van der Waals surface area contributed by atoms with E-state index in [0.717, 1.165) is 0 Å². The van der Waals surface area contributed by atoms with E-state index in [-0.39, 0.29) is 18.2 Å². The van der Waals surface area contributed by atoms with Gasteiger partial charge < -0.3 is 0 Å². The topological polar surface area (TPSA) is 0 Å². The maximum absolute atomic E-state index is 2.57. The van der Waals surface area contributed by atoms with Crippen LogP contribution in [0.2, 0.25) is 0 Å². The summed E-state index contributed by atoms with van der Waals surface area (Å²) in [5.74, 6) is 1.60. The van der Waals surface area contributed by atoms with Crippen LogP contribution in [0, 0.1) is 27.7 Å². The summed E-state index contributed by atoms with van der Waals surface area (Å²) in [7, 11) is -0.384. The molecule has 3 rings (SSSR count). The molecule has 0 fully saturated rings. The quantitative estimate of drug-likeness (QED) is 0.273. The van der Waals surface area contributed by atoms with Gasteiger partial charge in [-0.2, -0.15) is 0 Å². The number of allylic oxidation sites excluding steroid dienone is 2. The van der Waals surface area contributed by atoms with Crippen LogP contribution < -0.4 is 5.30 Å². The molecule has 1 aliphatic heterocycles. The largest absolute Gasteiger partial charge is 0.0919 e. The maximum atomic E-state index is 2.57. The zero-order chi connectivity index (χ0) is 28.6. The van der Waals surface area contributed by atoms with Crippen LogP contribution in [-0.2, 0) is 0 Å². The van der Waals surface area contributed by atoms with Crippen molar-refractivity contribution in [3.05, 3.63) is 63.2 Å². The van der Waals surface area contributed by atoms with Crippen molar-refractivity contribution < 1.29 is 0 Å². The van der Waals surface area contributed by atoms with E-state index in [1.54, 1.807) is 33.1 Å². The molecule has 1 heterocycles. The Morgan fingerprint density at radius 2 is 1.32 bits per heavy atom. The molecule has 1 heteroatoms. The van der Waals surface area contributed by atoms with Crippen molar-refractivity contribution in [3.8, 4) is 11.1 Å². The van der Waals surface area contributed by atoms with Gasteiger partial charge in [-0.15, -0.1) is 0 Å². The van der Waals surface area contributed by atoms with Crippen LogP contribution in [0.1, 0.15) is 146 Å². The summed E-state index contributed by atoms with van der Waals surface area (Å²) in [6, 6.07) is 5.12. The van der Waals surface area contributed by atoms with Crippen molar-refractivity contribution in [3.63, 3.8) is 0 Å². The highest BCUT2D eigenvalue weighted by Crippen LogP contribution is 2.65. The first-order valence-corrected chi connectivity index (χ1v) is 15.9. The summed E-state index contributed by atoms with van der Waals surface area (Å²) in [6.07, 6.45) is 5.24. The normalized spacial score (nSPS) is 19.3. The lowest BCUT2D eigenvalue weighted by molar-refractivity contribution is 0.545. The zero-order valence-electron chi connectivity index (χ0n) is 27.2. The molecule has 37 heavy (non-hydrogen) atoms. The minimum atomic E-state index is -0.384. The molecule has 2 aromatic carbocycles. The number of fused-ring (bicyclic) bond motifs is 3. The van der Waals surface area contributed by atoms with Gasteiger partial charge >= 0.3 is 0 Å². The molecule has 0 saturated heterocycles. The monoisotopic (exact) mass is 520 g/mol. The molecular formula is C36H57P. The van der Waals surface area contributed by atoms with Crippen LogP contribution in [0.15, 0.2) is 24.3 Å². The second kappa shape index (κ2) is 11.8. The molecule has 0 amide bonds. The van der Waals surface area contributed by atoms with Gasteiger partial charge in [0.25, 0.3) is 0 Å². The Labute approximate surface area is 232 Å². The van der Waals surface area contributed by atoms with Gasteiger partial charge in [-0.25, -0.2) is 0 Å². The number of rotatable bonds is 2. The fourth-order valence-corrected chi connectivity index (χ4v) is 11.1. The Morgan fingerprint density at radius 1 is 0.811 bits per heavy atom. The van der Waals surface area contributed by atoms with Crippen molar-refractivity contribution in [1.82, 2.24) is 0 Å². The lowest BCUT2D eigenvalue weighted by atomic mass is 9.77. The van der Waals surface area contributed by atoms with E-state index >= 15 is 0 Å². The summed E-state index contributed by atoms with van der Waals surface area (Å²) in [5, 5.41) is 2.21. The van der Waals surface area contributed by atoms with Crippen LogP contribution in [0.3, 0.4) is 0 Å². The van der Waals surface area contributed by atoms with Gasteiger partial charge in [0.15, 0.2) is 0 Å². The van der Waals surface area contributed by atoms with Gasteiger partial charge in [-0.3, -0.25) is 0 Å². The van der Waals surface area contributed by atoms with Crippen molar-refractivity contribution in [2.45, 2.75) is 145 Å². The molecule has 0 aromatic heterocycles. The lowest BCUT2D eigenvalue weighted by Crippen LogP contribution is -2.38. The van der Waals surface area contributed by atoms with Gasteiger partial charge in [0.2, 0.25) is 0 Å². The minimum absolute atomic E-state index is 0.250. The molecule has 0 spiro atoms. The average molecular weight is 521 g/mol. The van der Waals surface area contributed by atoms with Gasteiger partial charge in [-0.05, 0) is 131 Å². The van der Waals surface area contributed by atoms with E-state index < -0.39 is 0 Å². The highest BCUT2D eigenvalue weighted by Gasteiger charge is 2.44. The second-order valence-electron chi connectivity index (χ2n) is 13.7. The fraction of sp³-hybridized carbons (Fsp3) is 0.611. The molecule has 0 saturated carbocycles. The third kappa shape index (κ3) is 6.27. The van der Waals surface area contributed by atoms with Crippen molar-refractivity contribution in [2.24, 2.45) is 0 Å². The zero-order valence-corrected chi connectivity index (χ0v) is 28.1. The van der Waals surface area contributed by atoms with Gasteiger partial charge in [0.1, 0.15) is 0 Å². The number of hydrogen-bond acceptors (Lipinski definition) is 0. The van der Waals surface area contributed by atoms with Gasteiger partial charge in [0.05, 0.1) is 0 Å². The van der Waals surface area contributed by atoms with E-state index in [2.05, 4.69) is 109 Å². The Bertz CT molecular complexity index is 1130. The lowest BCUT2D eigenvalue weighted by Gasteiger charge is -2.49. The average Bonchev–Trinajstić information content (AvgIpc) is 2.78. The van der Waals surface area contributed by atoms with E-state index in [0.29, 0.717) is 17.8 Å². The number of benzene rings is 2. The molecule has 2 atom stereocenters. The SMILES string of the molecule is C/C=C\C.Cc1c(C)c(C)c2c(c1C)-c1c(C(C)C)cc(C(C)C)cc1C(C)CC(C)(C)P2C(C)(C)C. The fourth-order valence-electron chi connectivity index (χ4n) is 6.55. The van der Waals surface area contributed by atoms with Crippen LogP contribution in [0.4, 0.5) is 0 Å². The van der Waals surface area contributed by atoms with Crippen molar-refractivity contribution in [2.75, 3.05) is 0 Å². The third-order valence-electron chi connectivity index (χ3n) is 8.58. The van der Waals surface area contributed by atoms with Gasteiger partial charge in [-0.1, -0.05) is 101 Å². The van der Waals surface area contributed by atoms with E-state index in [4.69, 9.17) is 0 Å².